The first-order valence-electron chi connectivity index (χ1n) is 20.6. The third-order valence-corrected chi connectivity index (χ3v) is 12.3. The summed E-state index contributed by atoms with van der Waals surface area (Å²) in [5, 5.41) is 6.39. The largest absolute Gasteiger partial charge is 0.486 e. The second-order valence-electron chi connectivity index (χ2n) is 16.6. The summed E-state index contributed by atoms with van der Waals surface area (Å²) >= 11 is 0. The van der Waals surface area contributed by atoms with Crippen molar-refractivity contribution in [1.82, 2.24) is 25.1 Å². The van der Waals surface area contributed by atoms with Gasteiger partial charge >= 0.3 is 6.18 Å². The van der Waals surface area contributed by atoms with Crippen LogP contribution in [0.15, 0.2) is 48.5 Å². The number of fused-ring (bicyclic) bond motifs is 2. The van der Waals surface area contributed by atoms with E-state index in [4.69, 9.17) is 20.2 Å². The lowest BCUT2D eigenvalue weighted by Gasteiger charge is -2.45. The van der Waals surface area contributed by atoms with Gasteiger partial charge in [0.15, 0.2) is 0 Å². The smallest absolute Gasteiger partial charge is 0.416 e. The van der Waals surface area contributed by atoms with Crippen LogP contribution in [-0.2, 0) is 27.0 Å². The standard InChI is InChI=1S/C43H48F3N9O5/c1-24(27-13-29(43(44,45)46)16-30(47)14-27)48-40-34-17-38(60-32-7-12-59-23-32)37(18-35(34)49-25(2)50-40)53-10-8-52(9-11-53)19-26-20-54(21-26)31-3-4-33-28(15-31)22-55(42(33)58)36-5-6-39(56)51-41(36)57/h3-4,13-18,24,26,32,36H,5-12,19-23,47H2,1-2H3,(H,48,49,50)(H,51,56,57)/t24-,32+,36?/m1/s1. The third-order valence-electron chi connectivity index (χ3n) is 12.3. The minimum atomic E-state index is -4.53. The number of alkyl halides is 3. The van der Waals surface area contributed by atoms with E-state index in [0.29, 0.717) is 71.5 Å². The number of nitrogens with zero attached hydrogens (tertiary/aromatic N) is 6. The van der Waals surface area contributed by atoms with Gasteiger partial charge in [-0.25, -0.2) is 9.97 Å². The highest BCUT2D eigenvalue weighted by Crippen LogP contribution is 2.39. The number of carbonyl (C=O) groups is 3. The van der Waals surface area contributed by atoms with Gasteiger partial charge < -0.3 is 35.2 Å². The highest BCUT2D eigenvalue weighted by molar-refractivity contribution is 6.05. The number of aryl methyl sites for hydroxylation is 1. The number of halogens is 3. The third kappa shape index (κ3) is 7.99. The van der Waals surface area contributed by atoms with E-state index >= 15 is 0 Å². The first kappa shape index (κ1) is 39.8. The summed E-state index contributed by atoms with van der Waals surface area (Å²) < 4.78 is 53.1. The van der Waals surface area contributed by atoms with Gasteiger partial charge in [-0.2, -0.15) is 13.2 Å². The molecule has 5 aliphatic heterocycles. The molecule has 3 atom stereocenters. The Hall–Kier alpha value is -5.68. The number of carbonyl (C=O) groups excluding carboxylic acids is 3. The van der Waals surface area contributed by atoms with Crippen LogP contribution in [0.4, 0.5) is 36.1 Å². The number of anilines is 4. The zero-order valence-corrected chi connectivity index (χ0v) is 33.6. The fraction of sp³-hybridized carbons (Fsp3) is 0.465. The lowest BCUT2D eigenvalue weighted by Crippen LogP contribution is -2.55. The lowest BCUT2D eigenvalue weighted by molar-refractivity contribution is -0.138. The summed E-state index contributed by atoms with van der Waals surface area (Å²) in [5.74, 6) is 1.31. The van der Waals surface area contributed by atoms with Gasteiger partial charge in [0.25, 0.3) is 5.91 Å². The molecule has 1 unspecified atom stereocenters. The average Bonchev–Trinajstić information content (AvgIpc) is 3.82. The van der Waals surface area contributed by atoms with E-state index in [9.17, 15) is 27.6 Å². The monoisotopic (exact) mass is 827 g/mol. The minimum absolute atomic E-state index is 0.0310. The molecule has 60 heavy (non-hydrogen) atoms. The Morgan fingerprint density at radius 1 is 1.00 bits per heavy atom. The molecule has 17 heteroatoms. The number of hydrogen-bond acceptors (Lipinski definition) is 12. The summed E-state index contributed by atoms with van der Waals surface area (Å²) in [6.45, 7) is 11.1. The highest BCUT2D eigenvalue weighted by Gasteiger charge is 2.40. The van der Waals surface area contributed by atoms with Crippen LogP contribution in [-0.4, -0.2) is 109 Å². The molecule has 0 spiro atoms. The first-order chi connectivity index (χ1) is 28.7. The molecule has 3 aromatic carbocycles. The number of nitrogens with two attached hydrogens (primary N) is 1. The van der Waals surface area contributed by atoms with Crippen molar-refractivity contribution < 1.29 is 37.0 Å². The number of piperazine rings is 1. The zero-order chi connectivity index (χ0) is 41.9. The van der Waals surface area contributed by atoms with Crippen LogP contribution >= 0.6 is 0 Å². The summed E-state index contributed by atoms with van der Waals surface area (Å²) in [6, 6.07) is 12.3. The van der Waals surface area contributed by atoms with E-state index in [-0.39, 0.29) is 30.0 Å². The Morgan fingerprint density at radius 2 is 1.80 bits per heavy atom. The number of amides is 3. The Morgan fingerprint density at radius 3 is 2.53 bits per heavy atom. The molecule has 9 rings (SSSR count). The van der Waals surface area contributed by atoms with Gasteiger partial charge in [0.05, 0.1) is 36.0 Å². The quantitative estimate of drug-likeness (QED) is 0.147. The molecule has 0 bridgehead atoms. The fourth-order valence-corrected chi connectivity index (χ4v) is 9.07. The van der Waals surface area contributed by atoms with E-state index in [2.05, 4.69) is 36.4 Å². The number of nitrogens with one attached hydrogen (secondary N) is 2. The van der Waals surface area contributed by atoms with Gasteiger partial charge in [0, 0.05) is 93.4 Å². The molecule has 4 saturated heterocycles. The Bertz CT molecular complexity index is 2340. The predicted octanol–water partition coefficient (Wildman–Crippen LogP) is 4.90. The van der Waals surface area contributed by atoms with Gasteiger partial charge in [-0.05, 0) is 79.9 Å². The van der Waals surface area contributed by atoms with Crippen molar-refractivity contribution in [3.63, 3.8) is 0 Å². The van der Waals surface area contributed by atoms with E-state index in [1.54, 1.807) is 18.7 Å². The van der Waals surface area contributed by atoms with E-state index in [0.717, 1.165) is 81.3 Å². The van der Waals surface area contributed by atoms with Gasteiger partial charge in [-0.1, -0.05) is 0 Å². The summed E-state index contributed by atoms with van der Waals surface area (Å²) in [6.07, 6.45) is -3.31. The Kier molecular flexibility index (Phi) is 10.4. The number of aromatic nitrogens is 2. The molecule has 14 nitrogen and oxygen atoms in total. The molecule has 1 aromatic heterocycles. The van der Waals surface area contributed by atoms with E-state index < -0.39 is 29.7 Å². The SMILES string of the molecule is Cc1nc(N[C@H](C)c2cc(N)cc(C(F)(F)F)c2)c2cc(O[C@H]3CCOC3)c(N3CCN(CC4CN(c5ccc6c(c5)CN(C5CCC(=O)NC5=O)C6=O)C4)CC3)cc2n1. The van der Waals surface area contributed by atoms with Crippen molar-refractivity contribution in [2.45, 2.75) is 64.0 Å². The van der Waals surface area contributed by atoms with Crippen LogP contribution in [0.1, 0.15) is 65.1 Å². The van der Waals surface area contributed by atoms with Gasteiger partial charge in [0.1, 0.15) is 29.5 Å². The maximum atomic E-state index is 13.6. The molecular weight excluding hydrogens is 780 g/mol. The molecule has 0 radical (unpaired) electrons. The topological polar surface area (TPSA) is 158 Å². The van der Waals surface area contributed by atoms with Crippen molar-refractivity contribution in [3.05, 3.63) is 76.6 Å². The van der Waals surface area contributed by atoms with Crippen LogP contribution in [0.3, 0.4) is 0 Å². The number of ether oxygens (including phenoxy) is 2. The van der Waals surface area contributed by atoms with Crippen LogP contribution in [0.2, 0.25) is 0 Å². The molecular formula is C43H48F3N9O5. The lowest BCUT2D eigenvalue weighted by atomic mass is 9.97. The molecule has 3 amide bonds. The minimum Gasteiger partial charge on any atom is -0.486 e. The number of rotatable bonds is 10. The van der Waals surface area contributed by atoms with Crippen molar-refractivity contribution in [3.8, 4) is 5.75 Å². The van der Waals surface area contributed by atoms with Crippen LogP contribution in [0.25, 0.3) is 10.9 Å². The van der Waals surface area contributed by atoms with Crippen LogP contribution in [0.5, 0.6) is 5.75 Å². The molecule has 0 aliphatic carbocycles. The number of piperidine rings is 1. The Balaban J connectivity index is 0.853. The van der Waals surface area contributed by atoms with Crippen molar-refractivity contribution in [2.75, 3.05) is 79.9 Å². The average molecular weight is 828 g/mol. The van der Waals surface area contributed by atoms with E-state index in [1.165, 1.54) is 6.07 Å². The summed E-state index contributed by atoms with van der Waals surface area (Å²) in [7, 11) is 0. The van der Waals surface area contributed by atoms with Gasteiger partial charge in [-0.15, -0.1) is 0 Å². The number of nitrogen functional groups attached to an aromatic ring is 1. The van der Waals surface area contributed by atoms with Crippen molar-refractivity contribution in [2.24, 2.45) is 5.92 Å². The molecule has 5 aliphatic rings. The zero-order valence-electron chi connectivity index (χ0n) is 33.6. The normalized spacial score (nSPS) is 21.9. The second-order valence-corrected chi connectivity index (χ2v) is 16.6. The molecule has 4 fully saturated rings. The number of benzene rings is 3. The highest BCUT2D eigenvalue weighted by atomic mass is 19.4. The van der Waals surface area contributed by atoms with Crippen LogP contribution in [0, 0.1) is 12.8 Å². The van der Waals surface area contributed by atoms with Crippen LogP contribution < -0.4 is 30.9 Å². The second kappa shape index (κ2) is 15.7. The fourth-order valence-electron chi connectivity index (χ4n) is 9.07. The molecule has 6 heterocycles. The number of hydrogen-bond donors (Lipinski definition) is 3. The number of imide groups is 1. The maximum Gasteiger partial charge on any atom is 0.416 e. The predicted molar refractivity (Wildman–Crippen MR) is 219 cm³/mol. The first-order valence-corrected chi connectivity index (χ1v) is 20.6. The van der Waals surface area contributed by atoms with Crippen molar-refractivity contribution >= 4 is 51.5 Å². The van der Waals surface area contributed by atoms with E-state index in [1.807, 2.05) is 24.3 Å². The summed E-state index contributed by atoms with van der Waals surface area (Å²) in [4.78, 5) is 55.5. The van der Waals surface area contributed by atoms with Gasteiger partial charge in [0.2, 0.25) is 11.8 Å². The molecule has 4 N–H and O–H groups in total. The maximum absolute atomic E-state index is 13.6. The molecule has 4 aromatic rings. The Labute approximate surface area is 345 Å². The van der Waals surface area contributed by atoms with Gasteiger partial charge in [-0.3, -0.25) is 24.6 Å². The molecule has 316 valence electrons. The summed E-state index contributed by atoms with van der Waals surface area (Å²) in [5.41, 5.74) is 9.71. The molecule has 0 saturated carbocycles. The van der Waals surface area contributed by atoms with Crippen molar-refractivity contribution in [1.29, 1.82) is 0 Å².